The van der Waals surface area contributed by atoms with Gasteiger partial charge in [-0.15, -0.1) is 0 Å². The standard InChI is InChI=1S/C13H12Cl2N2OS/c14-9-6-10(15)8-11(7-9)17-13(19)16-4-3-12-2-1-5-18-12/h1-2,5-8H,3-4H2,(H2,16,17,19). The molecule has 3 nitrogen and oxygen atoms in total. The van der Waals surface area contributed by atoms with E-state index in [1.165, 1.54) is 0 Å². The van der Waals surface area contributed by atoms with Crippen molar-refractivity contribution >= 4 is 46.2 Å². The number of benzene rings is 1. The summed E-state index contributed by atoms with van der Waals surface area (Å²) < 4.78 is 5.23. The van der Waals surface area contributed by atoms with Gasteiger partial charge < -0.3 is 15.1 Å². The van der Waals surface area contributed by atoms with Gasteiger partial charge in [-0.25, -0.2) is 0 Å². The molecular formula is C13H12Cl2N2OS. The van der Waals surface area contributed by atoms with E-state index < -0.39 is 0 Å². The SMILES string of the molecule is S=C(NCCc1ccco1)Nc1cc(Cl)cc(Cl)c1. The van der Waals surface area contributed by atoms with E-state index in [2.05, 4.69) is 10.6 Å². The van der Waals surface area contributed by atoms with E-state index in [0.717, 1.165) is 17.9 Å². The van der Waals surface area contributed by atoms with Gasteiger partial charge in [0, 0.05) is 28.7 Å². The molecule has 2 aromatic rings. The predicted molar refractivity (Wildman–Crippen MR) is 83.1 cm³/mol. The highest BCUT2D eigenvalue weighted by molar-refractivity contribution is 7.80. The second-order valence-electron chi connectivity index (χ2n) is 3.87. The third kappa shape index (κ3) is 4.74. The van der Waals surface area contributed by atoms with E-state index in [9.17, 15) is 0 Å². The van der Waals surface area contributed by atoms with E-state index in [1.807, 2.05) is 12.1 Å². The molecule has 6 heteroatoms. The molecule has 1 heterocycles. The molecule has 0 amide bonds. The fourth-order valence-corrected chi connectivity index (χ4v) is 2.30. The smallest absolute Gasteiger partial charge is 0.170 e. The number of thiocarbonyl (C=S) groups is 1. The maximum atomic E-state index is 5.90. The van der Waals surface area contributed by atoms with E-state index in [0.29, 0.717) is 21.7 Å². The lowest BCUT2D eigenvalue weighted by molar-refractivity contribution is 0.507. The first-order chi connectivity index (χ1) is 9.13. The van der Waals surface area contributed by atoms with Gasteiger partial charge in [-0.1, -0.05) is 23.2 Å². The van der Waals surface area contributed by atoms with Crippen molar-refractivity contribution < 1.29 is 4.42 Å². The minimum absolute atomic E-state index is 0.518. The van der Waals surface area contributed by atoms with Crippen molar-refractivity contribution in [3.05, 3.63) is 52.4 Å². The lowest BCUT2D eigenvalue weighted by Crippen LogP contribution is -2.30. The van der Waals surface area contributed by atoms with Crippen molar-refractivity contribution in [2.45, 2.75) is 6.42 Å². The molecule has 0 saturated heterocycles. The van der Waals surface area contributed by atoms with Crippen LogP contribution in [-0.2, 0) is 6.42 Å². The van der Waals surface area contributed by atoms with Crippen LogP contribution in [0.15, 0.2) is 41.0 Å². The largest absolute Gasteiger partial charge is 0.469 e. The minimum atomic E-state index is 0.518. The Kier molecular flexibility index (Phi) is 5.07. The van der Waals surface area contributed by atoms with Crippen molar-refractivity contribution in [2.24, 2.45) is 0 Å². The first kappa shape index (κ1) is 14.2. The zero-order valence-electron chi connectivity index (χ0n) is 9.95. The number of rotatable bonds is 4. The van der Waals surface area contributed by atoms with Gasteiger partial charge in [-0.3, -0.25) is 0 Å². The number of hydrogen-bond acceptors (Lipinski definition) is 2. The van der Waals surface area contributed by atoms with Gasteiger partial charge in [0.05, 0.1) is 6.26 Å². The van der Waals surface area contributed by atoms with E-state index >= 15 is 0 Å². The normalized spacial score (nSPS) is 10.2. The van der Waals surface area contributed by atoms with Crippen LogP contribution in [0.3, 0.4) is 0 Å². The Balaban J connectivity index is 1.80. The lowest BCUT2D eigenvalue weighted by atomic mass is 10.3. The second-order valence-corrected chi connectivity index (χ2v) is 5.15. The summed E-state index contributed by atoms with van der Waals surface area (Å²) in [5.74, 6) is 0.918. The van der Waals surface area contributed by atoms with Gasteiger partial charge in [-0.2, -0.15) is 0 Å². The summed E-state index contributed by atoms with van der Waals surface area (Å²) in [6, 6.07) is 8.97. The molecule has 2 rings (SSSR count). The monoisotopic (exact) mass is 314 g/mol. The molecule has 0 saturated carbocycles. The molecule has 0 unspecified atom stereocenters. The molecule has 0 bridgehead atoms. The summed E-state index contributed by atoms with van der Waals surface area (Å²) in [5, 5.41) is 7.75. The molecule has 19 heavy (non-hydrogen) atoms. The molecule has 0 aliphatic carbocycles. The van der Waals surface area contributed by atoms with Gasteiger partial charge in [0.1, 0.15) is 5.76 Å². The fraction of sp³-hybridized carbons (Fsp3) is 0.154. The van der Waals surface area contributed by atoms with Crippen LogP contribution in [0.25, 0.3) is 0 Å². The molecule has 0 radical (unpaired) electrons. The minimum Gasteiger partial charge on any atom is -0.469 e. The third-order valence-electron chi connectivity index (χ3n) is 2.36. The number of halogens is 2. The van der Waals surface area contributed by atoms with Gasteiger partial charge >= 0.3 is 0 Å². The van der Waals surface area contributed by atoms with Crippen LogP contribution in [0.5, 0.6) is 0 Å². The maximum Gasteiger partial charge on any atom is 0.170 e. The molecule has 0 atom stereocenters. The molecule has 0 aliphatic heterocycles. The summed E-state index contributed by atoms with van der Waals surface area (Å²) in [7, 11) is 0. The van der Waals surface area contributed by atoms with Crippen LogP contribution in [0.4, 0.5) is 5.69 Å². The zero-order chi connectivity index (χ0) is 13.7. The Labute approximate surface area is 126 Å². The lowest BCUT2D eigenvalue weighted by Gasteiger charge is -2.10. The molecule has 1 aromatic carbocycles. The average molecular weight is 315 g/mol. The number of nitrogens with one attached hydrogen (secondary N) is 2. The molecular weight excluding hydrogens is 303 g/mol. The van der Waals surface area contributed by atoms with Crippen LogP contribution < -0.4 is 10.6 Å². The zero-order valence-corrected chi connectivity index (χ0v) is 12.3. The molecule has 100 valence electrons. The van der Waals surface area contributed by atoms with Crippen molar-refractivity contribution in [2.75, 3.05) is 11.9 Å². The molecule has 2 N–H and O–H groups in total. The van der Waals surface area contributed by atoms with Gasteiger partial charge in [0.25, 0.3) is 0 Å². The van der Waals surface area contributed by atoms with Crippen LogP contribution in [-0.4, -0.2) is 11.7 Å². The predicted octanol–water partition coefficient (Wildman–Crippen LogP) is 4.12. The molecule has 0 fully saturated rings. The topological polar surface area (TPSA) is 37.2 Å². The summed E-state index contributed by atoms with van der Waals surface area (Å²) in [4.78, 5) is 0. The fourth-order valence-electron chi connectivity index (χ4n) is 1.56. The summed E-state index contributed by atoms with van der Waals surface area (Å²) in [6.07, 6.45) is 2.42. The summed E-state index contributed by atoms with van der Waals surface area (Å²) in [6.45, 7) is 0.688. The van der Waals surface area contributed by atoms with E-state index in [1.54, 1.807) is 24.5 Å². The number of anilines is 1. The number of hydrogen-bond donors (Lipinski definition) is 2. The van der Waals surface area contributed by atoms with Crippen molar-refractivity contribution in [1.29, 1.82) is 0 Å². The van der Waals surface area contributed by atoms with Crippen LogP contribution in [0.1, 0.15) is 5.76 Å². The first-order valence-corrected chi connectivity index (χ1v) is 6.83. The van der Waals surface area contributed by atoms with E-state index in [-0.39, 0.29) is 0 Å². The average Bonchev–Trinajstić information content (AvgIpc) is 2.80. The third-order valence-corrected chi connectivity index (χ3v) is 3.04. The Morgan fingerprint density at radius 2 is 1.95 bits per heavy atom. The van der Waals surface area contributed by atoms with Crippen molar-refractivity contribution in [3.8, 4) is 0 Å². The van der Waals surface area contributed by atoms with Crippen molar-refractivity contribution in [1.82, 2.24) is 5.32 Å². The van der Waals surface area contributed by atoms with Gasteiger partial charge in [-0.05, 0) is 42.5 Å². The van der Waals surface area contributed by atoms with Gasteiger partial charge in [0.2, 0.25) is 0 Å². The first-order valence-electron chi connectivity index (χ1n) is 5.67. The molecule has 1 aromatic heterocycles. The van der Waals surface area contributed by atoms with Crippen molar-refractivity contribution in [3.63, 3.8) is 0 Å². The highest BCUT2D eigenvalue weighted by atomic mass is 35.5. The quantitative estimate of drug-likeness (QED) is 0.833. The molecule has 0 spiro atoms. The Morgan fingerprint density at radius 1 is 1.21 bits per heavy atom. The Bertz CT molecular complexity index is 538. The summed E-state index contributed by atoms with van der Waals surface area (Å²) in [5.41, 5.74) is 0.757. The van der Waals surface area contributed by atoms with Crippen LogP contribution in [0, 0.1) is 0 Å². The van der Waals surface area contributed by atoms with E-state index in [4.69, 9.17) is 39.8 Å². The highest BCUT2D eigenvalue weighted by Crippen LogP contribution is 2.22. The highest BCUT2D eigenvalue weighted by Gasteiger charge is 2.01. The van der Waals surface area contributed by atoms with Gasteiger partial charge in [0.15, 0.2) is 5.11 Å². The maximum absolute atomic E-state index is 5.90. The summed E-state index contributed by atoms with van der Waals surface area (Å²) >= 11 is 17.0. The van der Waals surface area contributed by atoms with Crippen LogP contribution in [0.2, 0.25) is 10.0 Å². The Hall–Kier alpha value is -1.23. The second kappa shape index (κ2) is 6.80. The van der Waals surface area contributed by atoms with Crippen LogP contribution >= 0.6 is 35.4 Å². The molecule has 0 aliphatic rings. The number of furan rings is 1. The Morgan fingerprint density at radius 3 is 2.58 bits per heavy atom.